The molecule has 0 atom stereocenters. The highest BCUT2D eigenvalue weighted by atomic mass is 79.9. The molecule has 0 fully saturated rings. The Morgan fingerprint density at radius 1 is 1.26 bits per heavy atom. The van der Waals surface area contributed by atoms with Crippen LogP contribution in [0.25, 0.3) is 11.4 Å². The predicted molar refractivity (Wildman–Crippen MR) is 82.1 cm³/mol. The summed E-state index contributed by atoms with van der Waals surface area (Å²) in [6.07, 6.45) is 0. The molecular weight excluding hydrogens is 328 g/mol. The van der Waals surface area contributed by atoms with E-state index >= 15 is 0 Å². The third kappa shape index (κ3) is 3.23. The van der Waals surface area contributed by atoms with Crippen molar-refractivity contribution >= 4 is 33.3 Å². The van der Waals surface area contributed by atoms with E-state index in [1.54, 1.807) is 0 Å². The van der Waals surface area contributed by atoms with Crippen LogP contribution in [0.2, 0.25) is 5.02 Å². The third-order valence-corrected chi connectivity index (χ3v) is 3.90. The zero-order valence-electron chi connectivity index (χ0n) is 10.6. The van der Waals surface area contributed by atoms with Crippen LogP contribution < -0.4 is 11.3 Å². The average Bonchev–Trinajstić information content (AvgIpc) is 2.41. The summed E-state index contributed by atoms with van der Waals surface area (Å²) in [6, 6.07) is 7.45. The van der Waals surface area contributed by atoms with Crippen LogP contribution >= 0.6 is 27.5 Å². The summed E-state index contributed by atoms with van der Waals surface area (Å²) in [7, 11) is 0. The van der Waals surface area contributed by atoms with Gasteiger partial charge in [0.1, 0.15) is 5.82 Å². The quantitative estimate of drug-likeness (QED) is 0.655. The molecule has 0 amide bonds. The van der Waals surface area contributed by atoms with Gasteiger partial charge in [-0.3, -0.25) is 0 Å². The summed E-state index contributed by atoms with van der Waals surface area (Å²) in [5, 5.41) is 0.623. The summed E-state index contributed by atoms with van der Waals surface area (Å²) >= 11 is 9.46. The van der Waals surface area contributed by atoms with Crippen molar-refractivity contribution in [2.24, 2.45) is 5.84 Å². The van der Waals surface area contributed by atoms with Crippen molar-refractivity contribution in [2.45, 2.75) is 19.8 Å². The number of hydrazine groups is 1. The molecule has 0 bridgehead atoms. The van der Waals surface area contributed by atoms with Gasteiger partial charge in [-0.1, -0.05) is 25.4 Å². The number of nitrogen functional groups attached to an aromatic ring is 1. The summed E-state index contributed by atoms with van der Waals surface area (Å²) in [6.45, 7) is 4.14. The van der Waals surface area contributed by atoms with E-state index in [-0.39, 0.29) is 0 Å². The van der Waals surface area contributed by atoms with Crippen LogP contribution in [0.3, 0.4) is 0 Å². The van der Waals surface area contributed by atoms with E-state index in [1.807, 2.05) is 24.3 Å². The van der Waals surface area contributed by atoms with E-state index in [0.29, 0.717) is 22.6 Å². The van der Waals surface area contributed by atoms with E-state index in [9.17, 15) is 0 Å². The molecule has 6 heteroatoms. The Labute approximate surface area is 125 Å². The van der Waals surface area contributed by atoms with Crippen LogP contribution in [0.1, 0.15) is 25.5 Å². The maximum absolute atomic E-state index is 6.10. The Morgan fingerprint density at radius 3 is 2.58 bits per heavy atom. The predicted octanol–water partition coefficient (Wildman–Crippen LogP) is 3.97. The molecule has 0 aliphatic heterocycles. The minimum atomic E-state index is 0.291. The lowest BCUT2D eigenvalue weighted by molar-refractivity contribution is 0.817. The fourth-order valence-corrected chi connectivity index (χ4v) is 2.03. The van der Waals surface area contributed by atoms with Crippen molar-refractivity contribution in [1.82, 2.24) is 9.97 Å². The summed E-state index contributed by atoms with van der Waals surface area (Å²) in [5.74, 6) is 6.93. The average molecular weight is 342 g/mol. The first kappa shape index (κ1) is 14.2. The molecule has 0 spiro atoms. The van der Waals surface area contributed by atoms with E-state index in [1.165, 1.54) is 0 Å². The van der Waals surface area contributed by atoms with Crippen LogP contribution in [0.15, 0.2) is 28.7 Å². The van der Waals surface area contributed by atoms with Crippen LogP contribution in [0.4, 0.5) is 5.82 Å². The molecule has 1 aromatic heterocycles. The number of halogens is 2. The fraction of sp³-hybridized carbons (Fsp3) is 0.231. The normalized spacial score (nSPS) is 10.8. The SMILES string of the molecule is CC(C)c1cc(NN)nc(-c2ccc(Br)c(Cl)c2)n1. The van der Waals surface area contributed by atoms with E-state index < -0.39 is 0 Å². The molecule has 0 saturated heterocycles. The molecule has 2 aromatic rings. The molecule has 0 radical (unpaired) electrons. The first-order valence-corrected chi connectivity index (χ1v) is 6.99. The monoisotopic (exact) mass is 340 g/mol. The fourth-order valence-electron chi connectivity index (χ4n) is 1.60. The zero-order chi connectivity index (χ0) is 14.0. The molecule has 4 nitrogen and oxygen atoms in total. The molecule has 2 rings (SSSR count). The molecule has 0 aliphatic rings. The Bertz CT molecular complexity index is 601. The summed E-state index contributed by atoms with van der Waals surface area (Å²) in [4.78, 5) is 8.90. The van der Waals surface area contributed by atoms with Crippen molar-refractivity contribution in [1.29, 1.82) is 0 Å². The highest BCUT2D eigenvalue weighted by molar-refractivity contribution is 9.10. The number of hydrogen-bond donors (Lipinski definition) is 2. The van der Waals surface area contributed by atoms with Crippen molar-refractivity contribution in [2.75, 3.05) is 5.43 Å². The largest absolute Gasteiger partial charge is 0.308 e. The second-order valence-corrected chi connectivity index (χ2v) is 5.69. The van der Waals surface area contributed by atoms with Gasteiger partial charge in [0.25, 0.3) is 0 Å². The van der Waals surface area contributed by atoms with Gasteiger partial charge in [0.05, 0.1) is 5.02 Å². The molecule has 0 aliphatic carbocycles. The van der Waals surface area contributed by atoms with Crippen LogP contribution in [0, 0.1) is 0 Å². The van der Waals surface area contributed by atoms with Gasteiger partial charge in [-0.05, 0) is 40.0 Å². The van der Waals surface area contributed by atoms with Gasteiger partial charge in [0.15, 0.2) is 5.82 Å². The molecule has 0 saturated carbocycles. The number of aromatic nitrogens is 2. The molecule has 1 heterocycles. The van der Waals surface area contributed by atoms with Gasteiger partial charge in [-0.15, -0.1) is 0 Å². The number of nitrogens with zero attached hydrogens (tertiary/aromatic N) is 2. The molecule has 0 unspecified atom stereocenters. The summed E-state index contributed by atoms with van der Waals surface area (Å²) in [5.41, 5.74) is 4.35. The number of nitrogens with two attached hydrogens (primary N) is 1. The first-order chi connectivity index (χ1) is 9.01. The number of nitrogens with one attached hydrogen (secondary N) is 1. The Balaban J connectivity index is 2.54. The zero-order valence-corrected chi connectivity index (χ0v) is 13.0. The van der Waals surface area contributed by atoms with E-state index in [4.69, 9.17) is 17.4 Å². The maximum Gasteiger partial charge on any atom is 0.161 e. The Kier molecular flexibility index (Phi) is 4.39. The van der Waals surface area contributed by atoms with Crippen LogP contribution in [0.5, 0.6) is 0 Å². The van der Waals surface area contributed by atoms with Crippen molar-refractivity contribution in [3.05, 3.63) is 39.5 Å². The second-order valence-electron chi connectivity index (χ2n) is 4.43. The topological polar surface area (TPSA) is 63.8 Å². The lowest BCUT2D eigenvalue weighted by atomic mass is 10.1. The third-order valence-electron chi connectivity index (χ3n) is 2.66. The molecule has 3 N–H and O–H groups in total. The van der Waals surface area contributed by atoms with Gasteiger partial charge in [-0.2, -0.15) is 0 Å². The van der Waals surface area contributed by atoms with Crippen molar-refractivity contribution in [3.8, 4) is 11.4 Å². The van der Waals surface area contributed by atoms with Gasteiger partial charge in [0.2, 0.25) is 0 Å². The number of anilines is 1. The van der Waals surface area contributed by atoms with Gasteiger partial charge < -0.3 is 5.43 Å². The van der Waals surface area contributed by atoms with Crippen molar-refractivity contribution < 1.29 is 0 Å². The maximum atomic E-state index is 6.10. The highest BCUT2D eigenvalue weighted by Crippen LogP contribution is 2.28. The minimum Gasteiger partial charge on any atom is -0.308 e. The molecule has 19 heavy (non-hydrogen) atoms. The van der Waals surface area contributed by atoms with Gasteiger partial charge in [0, 0.05) is 21.8 Å². The Morgan fingerprint density at radius 2 is 2.00 bits per heavy atom. The second kappa shape index (κ2) is 5.86. The number of benzene rings is 1. The first-order valence-electron chi connectivity index (χ1n) is 5.82. The Hall–Kier alpha value is -1.17. The van der Waals surface area contributed by atoms with Crippen molar-refractivity contribution in [3.63, 3.8) is 0 Å². The number of hydrogen-bond acceptors (Lipinski definition) is 4. The molecular formula is C13H14BrClN4. The molecule has 100 valence electrons. The van der Waals surface area contributed by atoms with E-state index in [2.05, 4.69) is 45.2 Å². The lowest BCUT2D eigenvalue weighted by Gasteiger charge is -2.10. The summed E-state index contributed by atoms with van der Waals surface area (Å²) < 4.78 is 0.843. The standard InChI is InChI=1S/C13H14BrClN4/c1-7(2)11-6-12(19-16)18-13(17-11)8-3-4-9(14)10(15)5-8/h3-7H,16H2,1-2H3,(H,17,18,19). The molecule has 1 aromatic carbocycles. The highest BCUT2D eigenvalue weighted by Gasteiger charge is 2.10. The minimum absolute atomic E-state index is 0.291. The van der Waals surface area contributed by atoms with Crippen LogP contribution in [-0.4, -0.2) is 9.97 Å². The van der Waals surface area contributed by atoms with Gasteiger partial charge >= 0.3 is 0 Å². The smallest absolute Gasteiger partial charge is 0.161 e. The van der Waals surface area contributed by atoms with Gasteiger partial charge in [-0.25, -0.2) is 15.8 Å². The lowest BCUT2D eigenvalue weighted by Crippen LogP contribution is -2.11. The van der Waals surface area contributed by atoms with E-state index in [0.717, 1.165) is 15.7 Å². The van der Waals surface area contributed by atoms with Crippen LogP contribution in [-0.2, 0) is 0 Å². The number of rotatable bonds is 3.